The highest BCUT2D eigenvalue weighted by atomic mass is 32.2. The standard InChI is InChI=1S/C15H20N2O5S/c1-12(18)13-4-3-5-14(10-13)23(20,21)17-8-6-16(7-9-17)15(19)11-22-2/h3-5,10H,6-9,11H2,1-2H3. The monoisotopic (exact) mass is 340 g/mol. The summed E-state index contributed by atoms with van der Waals surface area (Å²) < 4.78 is 31.4. The number of carbonyl (C=O) groups is 2. The van der Waals surface area contributed by atoms with Crippen LogP contribution in [-0.4, -0.2) is 69.2 Å². The fourth-order valence-electron chi connectivity index (χ4n) is 2.42. The van der Waals surface area contributed by atoms with Crippen LogP contribution in [0.2, 0.25) is 0 Å². The second-order valence-electron chi connectivity index (χ2n) is 5.30. The fraction of sp³-hybridized carbons (Fsp3) is 0.467. The molecule has 0 spiro atoms. The molecule has 0 aromatic heterocycles. The van der Waals surface area contributed by atoms with Crippen LogP contribution in [0.5, 0.6) is 0 Å². The molecule has 0 atom stereocenters. The van der Waals surface area contributed by atoms with Crippen LogP contribution >= 0.6 is 0 Å². The molecule has 0 aliphatic carbocycles. The number of hydrogen-bond donors (Lipinski definition) is 0. The fourth-order valence-corrected chi connectivity index (χ4v) is 3.89. The molecule has 1 fully saturated rings. The minimum Gasteiger partial charge on any atom is -0.375 e. The van der Waals surface area contributed by atoms with Crippen LogP contribution < -0.4 is 0 Å². The number of nitrogens with zero attached hydrogens (tertiary/aromatic N) is 2. The average Bonchev–Trinajstić information content (AvgIpc) is 2.55. The molecule has 0 radical (unpaired) electrons. The van der Waals surface area contributed by atoms with Crippen molar-refractivity contribution in [1.29, 1.82) is 0 Å². The summed E-state index contributed by atoms with van der Waals surface area (Å²) in [5.41, 5.74) is 0.361. The third-order valence-corrected chi connectivity index (χ3v) is 5.63. The van der Waals surface area contributed by atoms with Gasteiger partial charge in [0.25, 0.3) is 0 Å². The van der Waals surface area contributed by atoms with Crippen molar-refractivity contribution in [2.75, 3.05) is 39.9 Å². The third kappa shape index (κ3) is 3.95. The molecular weight excluding hydrogens is 320 g/mol. The quantitative estimate of drug-likeness (QED) is 0.723. The number of hydrogen-bond acceptors (Lipinski definition) is 5. The van der Waals surface area contributed by atoms with Gasteiger partial charge in [0.2, 0.25) is 15.9 Å². The molecule has 1 heterocycles. The topological polar surface area (TPSA) is 84.0 Å². The first-order chi connectivity index (χ1) is 10.9. The number of methoxy groups -OCH3 is 1. The number of rotatable bonds is 5. The van der Waals surface area contributed by atoms with E-state index in [1.54, 1.807) is 17.0 Å². The maximum absolute atomic E-state index is 12.7. The number of ether oxygens (including phenoxy) is 1. The molecule has 1 aromatic rings. The van der Waals surface area contributed by atoms with E-state index >= 15 is 0 Å². The van der Waals surface area contributed by atoms with E-state index in [0.29, 0.717) is 18.7 Å². The van der Waals surface area contributed by atoms with E-state index in [9.17, 15) is 18.0 Å². The van der Waals surface area contributed by atoms with E-state index in [-0.39, 0.29) is 36.3 Å². The van der Waals surface area contributed by atoms with Gasteiger partial charge >= 0.3 is 0 Å². The zero-order valence-electron chi connectivity index (χ0n) is 13.2. The van der Waals surface area contributed by atoms with E-state index in [1.165, 1.54) is 30.5 Å². The summed E-state index contributed by atoms with van der Waals surface area (Å²) in [7, 11) is -2.22. The number of carbonyl (C=O) groups excluding carboxylic acids is 2. The summed E-state index contributed by atoms with van der Waals surface area (Å²) >= 11 is 0. The molecule has 8 heteroatoms. The Labute approximate surface area is 135 Å². The molecule has 1 aromatic carbocycles. The SMILES string of the molecule is COCC(=O)N1CCN(S(=O)(=O)c2cccc(C(C)=O)c2)CC1. The van der Waals surface area contributed by atoms with E-state index in [4.69, 9.17) is 4.74 Å². The Morgan fingerprint density at radius 1 is 1.17 bits per heavy atom. The van der Waals surface area contributed by atoms with E-state index < -0.39 is 10.0 Å². The number of Topliss-reactive ketones (excluding diaryl/α,β-unsaturated/α-hetero) is 1. The van der Waals surface area contributed by atoms with E-state index in [0.717, 1.165) is 0 Å². The van der Waals surface area contributed by atoms with Crippen LogP contribution in [-0.2, 0) is 19.6 Å². The van der Waals surface area contributed by atoms with Crippen LogP contribution in [0.25, 0.3) is 0 Å². The molecule has 0 unspecified atom stereocenters. The summed E-state index contributed by atoms with van der Waals surface area (Å²) in [5, 5.41) is 0. The molecule has 0 bridgehead atoms. The highest BCUT2D eigenvalue weighted by molar-refractivity contribution is 7.89. The molecule has 0 N–H and O–H groups in total. The van der Waals surface area contributed by atoms with Gasteiger partial charge in [-0.3, -0.25) is 9.59 Å². The Morgan fingerprint density at radius 3 is 2.39 bits per heavy atom. The van der Waals surface area contributed by atoms with Crippen molar-refractivity contribution in [3.05, 3.63) is 29.8 Å². The lowest BCUT2D eigenvalue weighted by molar-refractivity contribution is -0.136. The van der Waals surface area contributed by atoms with Gasteiger partial charge in [-0.25, -0.2) is 8.42 Å². The normalized spacial score (nSPS) is 16.3. The smallest absolute Gasteiger partial charge is 0.248 e. The predicted octanol–water partition coefficient (Wildman–Crippen LogP) is 0.369. The molecule has 126 valence electrons. The zero-order valence-corrected chi connectivity index (χ0v) is 14.0. The Kier molecular flexibility index (Phi) is 5.51. The molecule has 2 rings (SSSR count). The van der Waals surface area contributed by atoms with Crippen LogP contribution in [0, 0.1) is 0 Å². The lowest BCUT2D eigenvalue weighted by Crippen LogP contribution is -2.51. The molecule has 1 aliphatic heterocycles. The molecule has 0 saturated carbocycles. The number of ketones is 1. The van der Waals surface area contributed by atoms with Crippen LogP contribution in [0.3, 0.4) is 0 Å². The lowest BCUT2D eigenvalue weighted by Gasteiger charge is -2.33. The molecule has 1 saturated heterocycles. The minimum atomic E-state index is -3.67. The molecule has 7 nitrogen and oxygen atoms in total. The first kappa shape index (κ1) is 17.6. The second-order valence-corrected chi connectivity index (χ2v) is 7.24. The lowest BCUT2D eigenvalue weighted by atomic mass is 10.2. The summed E-state index contributed by atoms with van der Waals surface area (Å²) in [5.74, 6) is -0.333. The second kappa shape index (κ2) is 7.20. The summed E-state index contributed by atoms with van der Waals surface area (Å²) in [4.78, 5) is 24.8. The van der Waals surface area contributed by atoms with Gasteiger partial charge < -0.3 is 9.64 Å². The predicted molar refractivity (Wildman–Crippen MR) is 83.7 cm³/mol. The number of piperazine rings is 1. The van der Waals surface area contributed by atoms with E-state index in [1.807, 2.05) is 0 Å². The number of benzene rings is 1. The molecular formula is C15H20N2O5S. The van der Waals surface area contributed by atoms with Crippen molar-refractivity contribution < 1.29 is 22.7 Å². The summed E-state index contributed by atoms with van der Waals surface area (Å²) in [6.07, 6.45) is 0. The highest BCUT2D eigenvalue weighted by Crippen LogP contribution is 2.19. The molecule has 23 heavy (non-hydrogen) atoms. The third-order valence-electron chi connectivity index (χ3n) is 3.74. The Balaban J connectivity index is 2.12. The van der Waals surface area contributed by atoms with Gasteiger partial charge in [0, 0.05) is 38.9 Å². The first-order valence-corrected chi connectivity index (χ1v) is 8.68. The van der Waals surface area contributed by atoms with Gasteiger partial charge in [-0.1, -0.05) is 12.1 Å². The zero-order chi connectivity index (χ0) is 17.0. The maximum atomic E-state index is 12.7. The summed E-state index contributed by atoms with van der Waals surface area (Å²) in [6, 6.07) is 6.01. The molecule has 1 amide bonds. The first-order valence-electron chi connectivity index (χ1n) is 7.24. The average molecular weight is 340 g/mol. The number of amides is 1. The van der Waals surface area contributed by atoms with Gasteiger partial charge in [-0.05, 0) is 19.1 Å². The van der Waals surface area contributed by atoms with E-state index in [2.05, 4.69) is 0 Å². The Morgan fingerprint density at radius 2 is 1.83 bits per heavy atom. The van der Waals surface area contributed by atoms with Crippen LogP contribution in [0.1, 0.15) is 17.3 Å². The van der Waals surface area contributed by atoms with Gasteiger partial charge in [0.05, 0.1) is 4.90 Å². The molecule has 1 aliphatic rings. The largest absolute Gasteiger partial charge is 0.375 e. The van der Waals surface area contributed by atoms with Crippen LogP contribution in [0.4, 0.5) is 0 Å². The van der Waals surface area contributed by atoms with Crippen molar-refractivity contribution in [1.82, 2.24) is 9.21 Å². The van der Waals surface area contributed by atoms with Gasteiger partial charge in [0.15, 0.2) is 5.78 Å². The van der Waals surface area contributed by atoms with Gasteiger partial charge in [-0.15, -0.1) is 0 Å². The van der Waals surface area contributed by atoms with Gasteiger partial charge in [0.1, 0.15) is 6.61 Å². The van der Waals surface area contributed by atoms with Crippen LogP contribution in [0.15, 0.2) is 29.2 Å². The van der Waals surface area contributed by atoms with Crippen molar-refractivity contribution in [2.24, 2.45) is 0 Å². The van der Waals surface area contributed by atoms with Crippen molar-refractivity contribution in [2.45, 2.75) is 11.8 Å². The van der Waals surface area contributed by atoms with Crippen molar-refractivity contribution in [3.63, 3.8) is 0 Å². The minimum absolute atomic E-state index is 0.00654. The highest BCUT2D eigenvalue weighted by Gasteiger charge is 2.30. The number of sulfonamides is 1. The van der Waals surface area contributed by atoms with Gasteiger partial charge in [-0.2, -0.15) is 4.31 Å². The van der Waals surface area contributed by atoms with Crippen molar-refractivity contribution >= 4 is 21.7 Å². The Bertz CT molecular complexity index is 694. The Hall–Kier alpha value is -1.77. The maximum Gasteiger partial charge on any atom is 0.248 e. The summed E-state index contributed by atoms with van der Waals surface area (Å²) in [6.45, 7) is 2.49. The van der Waals surface area contributed by atoms with Crippen molar-refractivity contribution in [3.8, 4) is 0 Å².